The van der Waals surface area contributed by atoms with Crippen molar-refractivity contribution >= 4 is 46.2 Å². The van der Waals surface area contributed by atoms with Gasteiger partial charge in [-0.1, -0.05) is 17.7 Å². The zero-order valence-electron chi connectivity index (χ0n) is 8.51. The van der Waals surface area contributed by atoms with E-state index in [1.807, 2.05) is 6.92 Å². The third kappa shape index (κ3) is 9.32. The molecule has 8 heteroatoms. The van der Waals surface area contributed by atoms with Crippen molar-refractivity contribution in [3.8, 4) is 0 Å². The number of halogens is 2. The summed E-state index contributed by atoms with van der Waals surface area (Å²) in [7, 11) is -6.06. The van der Waals surface area contributed by atoms with Crippen LogP contribution in [-0.4, -0.2) is 23.1 Å². The third-order valence-corrected chi connectivity index (χ3v) is 3.26. The quantitative estimate of drug-likeness (QED) is 0.687. The Bertz CT molecular complexity index is 524. The molecular formula is C8H10Br2O4S2. The first-order valence-corrected chi connectivity index (χ1v) is 11.0. The van der Waals surface area contributed by atoms with Crippen molar-refractivity contribution < 1.29 is 16.8 Å². The highest BCUT2D eigenvalue weighted by molar-refractivity contribution is 9.47. The van der Waals surface area contributed by atoms with Gasteiger partial charge in [0, 0.05) is 6.26 Å². The molecule has 0 saturated carbocycles. The lowest BCUT2D eigenvalue weighted by molar-refractivity contribution is 0.611. The molecule has 0 spiro atoms. The lowest BCUT2D eigenvalue weighted by Crippen LogP contribution is -1.88. The molecule has 0 aliphatic carbocycles. The molecule has 0 bridgehead atoms. The summed E-state index contributed by atoms with van der Waals surface area (Å²) in [6.07, 6.45) is 1.08. The van der Waals surface area contributed by atoms with Crippen molar-refractivity contribution in [3.63, 3.8) is 0 Å². The average molecular weight is 394 g/mol. The van der Waals surface area contributed by atoms with Gasteiger partial charge in [-0.2, -0.15) is 0 Å². The molecule has 4 nitrogen and oxygen atoms in total. The molecule has 0 heterocycles. The summed E-state index contributed by atoms with van der Waals surface area (Å²) in [6.45, 7) is 1.91. The number of aryl methyl sites for hydroxylation is 1. The van der Waals surface area contributed by atoms with Crippen molar-refractivity contribution in [1.82, 2.24) is 0 Å². The zero-order valence-corrected chi connectivity index (χ0v) is 13.3. The molecule has 0 aromatic heterocycles. The van der Waals surface area contributed by atoms with Crippen LogP contribution in [0.3, 0.4) is 0 Å². The molecule has 0 radical (unpaired) electrons. The van der Waals surface area contributed by atoms with Crippen LogP contribution >= 0.6 is 29.6 Å². The standard InChI is InChI=1S/C7H7BrO2S.CH3BrO2S/c1-6-2-4-7(5-3-6)11(8,9)10;1-5(2,3)4/h2-5H,1H3;1H3. The van der Waals surface area contributed by atoms with E-state index in [4.69, 9.17) is 0 Å². The Morgan fingerprint density at radius 2 is 1.25 bits per heavy atom. The summed E-state index contributed by atoms with van der Waals surface area (Å²) in [6, 6.07) is 6.65. The Hall–Kier alpha value is 0.0800. The summed E-state index contributed by atoms with van der Waals surface area (Å²) < 4.78 is 40.8. The Morgan fingerprint density at radius 3 is 1.50 bits per heavy atom. The van der Waals surface area contributed by atoms with Crippen LogP contribution < -0.4 is 0 Å². The second kappa shape index (κ2) is 6.13. The molecule has 0 atom stereocenters. The molecule has 16 heavy (non-hydrogen) atoms. The molecule has 0 aliphatic heterocycles. The number of rotatable bonds is 1. The van der Waals surface area contributed by atoms with E-state index in [1.54, 1.807) is 24.3 Å². The molecule has 92 valence electrons. The molecule has 0 fully saturated rings. The topological polar surface area (TPSA) is 68.3 Å². The predicted molar refractivity (Wildman–Crippen MR) is 71.1 cm³/mol. The van der Waals surface area contributed by atoms with Crippen molar-refractivity contribution in [3.05, 3.63) is 29.8 Å². The Morgan fingerprint density at radius 1 is 0.938 bits per heavy atom. The fourth-order valence-electron chi connectivity index (χ4n) is 0.701. The van der Waals surface area contributed by atoms with Crippen LogP contribution in [-0.2, 0) is 16.5 Å². The highest BCUT2D eigenvalue weighted by Crippen LogP contribution is 2.16. The molecular weight excluding hydrogens is 384 g/mol. The van der Waals surface area contributed by atoms with Crippen molar-refractivity contribution in [2.75, 3.05) is 6.26 Å². The molecule has 0 unspecified atom stereocenters. The van der Waals surface area contributed by atoms with Gasteiger partial charge in [0.1, 0.15) is 0 Å². The largest absolute Gasteiger partial charge is 0.237 e. The normalized spacial score (nSPS) is 11.5. The van der Waals surface area contributed by atoms with E-state index in [0.717, 1.165) is 11.8 Å². The summed E-state index contributed by atoms with van der Waals surface area (Å²) >= 11 is 4.93. The van der Waals surface area contributed by atoms with Gasteiger partial charge in [-0.05, 0) is 19.1 Å². The summed E-state index contributed by atoms with van der Waals surface area (Å²) in [4.78, 5) is 0.295. The fourth-order valence-corrected chi connectivity index (χ4v) is 1.81. The van der Waals surface area contributed by atoms with Crippen molar-refractivity contribution in [2.24, 2.45) is 0 Å². The summed E-state index contributed by atoms with van der Waals surface area (Å²) in [5.41, 5.74) is 1.05. The van der Waals surface area contributed by atoms with E-state index in [-0.39, 0.29) is 0 Å². The SMILES string of the molecule is CS(=O)(=O)Br.Cc1ccc(S(=O)(=O)Br)cc1. The summed E-state index contributed by atoms with van der Waals surface area (Å²) in [5, 5.41) is 0. The Kier molecular flexibility index (Phi) is 6.16. The molecule has 0 aliphatic rings. The van der Waals surface area contributed by atoms with Gasteiger partial charge >= 0.3 is 0 Å². The molecule has 0 amide bonds. The van der Waals surface area contributed by atoms with E-state index in [1.165, 1.54) is 0 Å². The fraction of sp³-hybridized carbons (Fsp3) is 0.250. The van der Waals surface area contributed by atoms with E-state index < -0.39 is 16.5 Å². The highest BCUT2D eigenvalue weighted by Gasteiger charge is 2.06. The maximum Gasteiger partial charge on any atom is 0.237 e. The van der Waals surface area contributed by atoms with E-state index >= 15 is 0 Å². The minimum absolute atomic E-state index is 0.295. The van der Waals surface area contributed by atoms with Crippen LogP contribution in [0.1, 0.15) is 5.56 Å². The maximum atomic E-state index is 10.9. The lowest BCUT2D eigenvalue weighted by atomic mass is 10.2. The maximum absolute atomic E-state index is 10.9. The highest BCUT2D eigenvalue weighted by atomic mass is 79.9. The van der Waals surface area contributed by atoms with Gasteiger partial charge < -0.3 is 0 Å². The van der Waals surface area contributed by atoms with Crippen LogP contribution in [0.4, 0.5) is 0 Å². The third-order valence-electron chi connectivity index (χ3n) is 1.30. The van der Waals surface area contributed by atoms with Crippen LogP contribution in [0.25, 0.3) is 0 Å². The zero-order chi connectivity index (χ0) is 13.0. The summed E-state index contributed by atoms with van der Waals surface area (Å²) in [5.74, 6) is 0. The molecule has 0 N–H and O–H groups in total. The van der Waals surface area contributed by atoms with Crippen molar-refractivity contribution in [1.29, 1.82) is 0 Å². The minimum atomic E-state index is -3.21. The van der Waals surface area contributed by atoms with Crippen molar-refractivity contribution in [2.45, 2.75) is 11.8 Å². The van der Waals surface area contributed by atoms with E-state index in [0.29, 0.717) is 4.90 Å². The van der Waals surface area contributed by atoms with Gasteiger partial charge in [0.25, 0.3) is 0 Å². The van der Waals surface area contributed by atoms with Gasteiger partial charge in [0.05, 0.1) is 34.5 Å². The first-order chi connectivity index (χ1) is 7.00. The van der Waals surface area contributed by atoms with Gasteiger partial charge in [-0.15, -0.1) is 0 Å². The van der Waals surface area contributed by atoms with Gasteiger partial charge in [0.2, 0.25) is 16.5 Å². The van der Waals surface area contributed by atoms with Crippen LogP contribution in [0.5, 0.6) is 0 Å². The number of hydrogen-bond donors (Lipinski definition) is 0. The van der Waals surface area contributed by atoms with E-state index in [2.05, 4.69) is 29.6 Å². The minimum Gasteiger partial charge on any atom is -0.217 e. The van der Waals surface area contributed by atoms with Gasteiger partial charge in [-0.25, -0.2) is 16.8 Å². The first kappa shape index (κ1) is 16.1. The molecule has 1 aromatic rings. The van der Waals surface area contributed by atoms with Crippen LogP contribution in [0.2, 0.25) is 0 Å². The molecule has 1 aromatic carbocycles. The first-order valence-electron chi connectivity index (χ1n) is 3.91. The monoisotopic (exact) mass is 392 g/mol. The number of hydrogen-bond acceptors (Lipinski definition) is 4. The average Bonchev–Trinajstić information content (AvgIpc) is 1.99. The molecule has 1 rings (SSSR count). The molecule has 0 saturated heterocycles. The Balaban J connectivity index is 0.000000385. The predicted octanol–water partition coefficient (Wildman–Crippen LogP) is 2.42. The lowest BCUT2D eigenvalue weighted by Gasteiger charge is -1.95. The van der Waals surface area contributed by atoms with Crippen LogP contribution in [0, 0.1) is 6.92 Å². The van der Waals surface area contributed by atoms with Crippen LogP contribution in [0.15, 0.2) is 29.2 Å². The smallest absolute Gasteiger partial charge is 0.217 e. The number of benzene rings is 1. The van der Waals surface area contributed by atoms with Gasteiger partial charge in [0.15, 0.2) is 0 Å². The van der Waals surface area contributed by atoms with Gasteiger partial charge in [-0.3, -0.25) is 0 Å². The Labute approximate surface area is 110 Å². The second-order valence-corrected chi connectivity index (χ2v) is 11.7. The van der Waals surface area contributed by atoms with E-state index in [9.17, 15) is 16.8 Å². The second-order valence-electron chi connectivity index (χ2n) is 2.93.